The first-order valence-corrected chi connectivity index (χ1v) is 4.96. The largest absolute Gasteiger partial charge is 0.356 e. The second-order valence-electron chi connectivity index (χ2n) is 3.45. The van der Waals surface area contributed by atoms with Crippen molar-refractivity contribution in [3.8, 4) is 0 Å². The zero-order valence-corrected chi connectivity index (χ0v) is 8.41. The third-order valence-electron chi connectivity index (χ3n) is 2.45. The summed E-state index contributed by atoms with van der Waals surface area (Å²) in [5, 5.41) is 0.429. The maximum Gasteiger partial charge on any atom is 0.134 e. The van der Waals surface area contributed by atoms with Crippen molar-refractivity contribution in [2.45, 2.75) is 6.42 Å². The van der Waals surface area contributed by atoms with Gasteiger partial charge in [-0.25, -0.2) is 9.97 Å². The fourth-order valence-electron chi connectivity index (χ4n) is 1.66. The number of hydrogen-bond donors (Lipinski definition) is 0. The molecular weight excluding hydrogens is 205 g/mol. The Morgan fingerprint density at radius 2 is 2.43 bits per heavy atom. The van der Waals surface area contributed by atoms with E-state index in [2.05, 4.69) is 9.97 Å². The Morgan fingerprint density at radius 1 is 1.57 bits per heavy atom. The van der Waals surface area contributed by atoms with E-state index in [0.717, 1.165) is 25.3 Å². The molecule has 1 atom stereocenters. The number of rotatable bonds is 2. The molecule has 2 heterocycles. The number of hydrogen-bond acceptors (Lipinski definition) is 3. The fraction of sp³-hybridized carbons (Fsp3) is 0.556. The number of alkyl halides is 1. The molecule has 0 amide bonds. The maximum absolute atomic E-state index is 12.4. The summed E-state index contributed by atoms with van der Waals surface area (Å²) in [6.07, 6.45) is 2.32. The Bertz CT molecular complexity index is 321. The molecule has 2 rings (SSSR count). The second kappa shape index (κ2) is 4.09. The molecule has 5 heteroatoms. The van der Waals surface area contributed by atoms with E-state index in [4.69, 9.17) is 11.6 Å². The van der Waals surface area contributed by atoms with Crippen molar-refractivity contribution in [2.24, 2.45) is 5.92 Å². The highest BCUT2D eigenvalue weighted by Gasteiger charge is 2.23. The van der Waals surface area contributed by atoms with Gasteiger partial charge in [-0.2, -0.15) is 0 Å². The van der Waals surface area contributed by atoms with Gasteiger partial charge in [-0.3, -0.25) is 4.39 Å². The average Bonchev–Trinajstić information content (AvgIpc) is 2.66. The van der Waals surface area contributed by atoms with Crippen molar-refractivity contribution in [1.29, 1.82) is 0 Å². The molecule has 1 aromatic heterocycles. The molecule has 0 unspecified atom stereocenters. The minimum absolute atomic E-state index is 0.142. The molecule has 0 bridgehead atoms. The van der Waals surface area contributed by atoms with Gasteiger partial charge >= 0.3 is 0 Å². The normalized spacial score (nSPS) is 21.6. The van der Waals surface area contributed by atoms with Crippen molar-refractivity contribution in [3.63, 3.8) is 0 Å². The third kappa shape index (κ3) is 1.95. The second-order valence-corrected chi connectivity index (χ2v) is 3.84. The van der Waals surface area contributed by atoms with Gasteiger partial charge in [-0.1, -0.05) is 11.6 Å². The van der Waals surface area contributed by atoms with Crippen LogP contribution in [0.15, 0.2) is 12.4 Å². The number of halogens is 2. The molecule has 1 aliphatic rings. The number of aromatic nitrogens is 2. The van der Waals surface area contributed by atoms with E-state index < -0.39 is 0 Å². The molecule has 0 spiro atoms. The van der Waals surface area contributed by atoms with Crippen LogP contribution in [0.3, 0.4) is 0 Å². The zero-order valence-electron chi connectivity index (χ0n) is 7.66. The lowest BCUT2D eigenvalue weighted by molar-refractivity contribution is 0.384. The van der Waals surface area contributed by atoms with Gasteiger partial charge in [0.1, 0.15) is 17.3 Å². The molecule has 1 aromatic rings. The molecule has 0 radical (unpaired) electrons. The van der Waals surface area contributed by atoms with E-state index in [1.54, 1.807) is 6.07 Å². The van der Waals surface area contributed by atoms with Gasteiger partial charge in [0.25, 0.3) is 0 Å². The Balaban J connectivity index is 2.09. The predicted octanol–water partition coefficient (Wildman–Crippen LogP) is 1.93. The van der Waals surface area contributed by atoms with Crippen LogP contribution in [-0.4, -0.2) is 29.7 Å². The molecule has 76 valence electrons. The van der Waals surface area contributed by atoms with Crippen molar-refractivity contribution in [2.75, 3.05) is 24.7 Å². The Hall–Kier alpha value is -0.900. The lowest BCUT2D eigenvalue weighted by Gasteiger charge is -2.16. The van der Waals surface area contributed by atoms with E-state index in [-0.39, 0.29) is 12.6 Å². The van der Waals surface area contributed by atoms with Crippen molar-refractivity contribution >= 4 is 17.4 Å². The van der Waals surface area contributed by atoms with Gasteiger partial charge in [0, 0.05) is 25.1 Å². The molecule has 14 heavy (non-hydrogen) atoms. The van der Waals surface area contributed by atoms with Crippen LogP contribution in [0.5, 0.6) is 0 Å². The summed E-state index contributed by atoms with van der Waals surface area (Å²) < 4.78 is 12.4. The van der Waals surface area contributed by atoms with E-state index >= 15 is 0 Å². The summed E-state index contributed by atoms with van der Waals surface area (Å²) in [6, 6.07) is 1.71. The zero-order chi connectivity index (χ0) is 9.97. The molecule has 0 saturated carbocycles. The fourth-order valence-corrected chi connectivity index (χ4v) is 1.81. The molecule has 1 aliphatic heterocycles. The molecular formula is C9H11ClFN3. The Kier molecular flexibility index (Phi) is 2.82. The molecule has 0 aliphatic carbocycles. The van der Waals surface area contributed by atoms with Crippen molar-refractivity contribution < 1.29 is 4.39 Å². The van der Waals surface area contributed by atoms with Gasteiger partial charge in [-0.15, -0.1) is 0 Å². The minimum atomic E-state index is -0.255. The first-order chi connectivity index (χ1) is 6.79. The van der Waals surface area contributed by atoms with Gasteiger partial charge in [-0.05, 0) is 6.42 Å². The molecule has 3 nitrogen and oxygen atoms in total. The summed E-state index contributed by atoms with van der Waals surface area (Å²) in [6.45, 7) is 1.32. The van der Waals surface area contributed by atoms with E-state index in [1.807, 2.05) is 4.90 Å². The highest BCUT2D eigenvalue weighted by atomic mass is 35.5. The lowest BCUT2D eigenvalue weighted by atomic mass is 10.1. The van der Waals surface area contributed by atoms with E-state index in [0.29, 0.717) is 5.15 Å². The quantitative estimate of drug-likeness (QED) is 0.706. The van der Waals surface area contributed by atoms with Crippen LogP contribution < -0.4 is 4.90 Å². The van der Waals surface area contributed by atoms with Crippen LogP contribution in [0.2, 0.25) is 5.15 Å². The van der Waals surface area contributed by atoms with Crippen LogP contribution in [0.4, 0.5) is 10.2 Å². The minimum Gasteiger partial charge on any atom is -0.356 e. The SMILES string of the molecule is FC[C@@H]1CCN(c2cc(Cl)ncn2)C1. The summed E-state index contributed by atoms with van der Waals surface area (Å²) in [5.41, 5.74) is 0. The van der Waals surface area contributed by atoms with Gasteiger partial charge in [0.15, 0.2) is 0 Å². The Morgan fingerprint density at radius 3 is 3.07 bits per heavy atom. The summed E-state index contributed by atoms with van der Waals surface area (Å²) in [4.78, 5) is 9.94. The van der Waals surface area contributed by atoms with Gasteiger partial charge in [0.2, 0.25) is 0 Å². The predicted molar refractivity (Wildman–Crippen MR) is 53.3 cm³/mol. The third-order valence-corrected chi connectivity index (χ3v) is 2.65. The summed E-state index contributed by atoms with van der Waals surface area (Å²) >= 11 is 5.74. The molecule has 0 aromatic carbocycles. The molecule has 1 saturated heterocycles. The summed E-state index contributed by atoms with van der Waals surface area (Å²) in [7, 11) is 0. The maximum atomic E-state index is 12.4. The van der Waals surface area contributed by atoms with Crippen molar-refractivity contribution in [1.82, 2.24) is 9.97 Å². The molecule has 1 fully saturated rings. The smallest absolute Gasteiger partial charge is 0.134 e. The lowest BCUT2D eigenvalue weighted by Crippen LogP contribution is -2.21. The van der Waals surface area contributed by atoms with Crippen LogP contribution in [0, 0.1) is 5.92 Å². The van der Waals surface area contributed by atoms with Gasteiger partial charge in [0.05, 0.1) is 6.67 Å². The van der Waals surface area contributed by atoms with Gasteiger partial charge < -0.3 is 4.90 Å². The Labute approximate surface area is 86.9 Å². The average molecular weight is 216 g/mol. The van der Waals surface area contributed by atoms with E-state index in [1.165, 1.54) is 6.33 Å². The highest BCUT2D eigenvalue weighted by molar-refractivity contribution is 6.29. The highest BCUT2D eigenvalue weighted by Crippen LogP contribution is 2.23. The molecule has 0 N–H and O–H groups in total. The number of anilines is 1. The monoisotopic (exact) mass is 215 g/mol. The van der Waals surface area contributed by atoms with Crippen molar-refractivity contribution in [3.05, 3.63) is 17.5 Å². The van der Waals surface area contributed by atoms with Crippen LogP contribution in [0.1, 0.15) is 6.42 Å². The first kappa shape index (κ1) is 9.65. The topological polar surface area (TPSA) is 29.0 Å². The number of nitrogens with zero attached hydrogens (tertiary/aromatic N) is 3. The van der Waals surface area contributed by atoms with Crippen LogP contribution in [-0.2, 0) is 0 Å². The van der Waals surface area contributed by atoms with E-state index in [9.17, 15) is 4.39 Å². The standard InChI is InChI=1S/C9H11ClFN3/c10-8-3-9(13-6-12-8)14-2-1-7(4-11)5-14/h3,6-7H,1-2,4-5H2/t7-/m0/s1. The summed E-state index contributed by atoms with van der Waals surface area (Å²) in [5.74, 6) is 0.935. The van der Waals surface area contributed by atoms with Crippen LogP contribution >= 0.6 is 11.6 Å². The van der Waals surface area contributed by atoms with Crippen LogP contribution in [0.25, 0.3) is 0 Å². The first-order valence-electron chi connectivity index (χ1n) is 4.58.